The fourth-order valence-corrected chi connectivity index (χ4v) is 3.73. The van der Waals surface area contributed by atoms with Crippen LogP contribution in [0, 0.1) is 11.8 Å². The van der Waals surface area contributed by atoms with Gasteiger partial charge in [-0.05, 0) is 71.1 Å². The van der Waals surface area contributed by atoms with E-state index in [9.17, 15) is 9.59 Å². The SMILES string of the molecule is CC(C)Cc1cc(C(=O)Cl)nc2c1ccc1c(CC(C)C)cc(C(=O)Cl)nc12. The molecular formula is C22H22Cl2N2O2. The zero-order valence-corrected chi connectivity index (χ0v) is 17.9. The number of pyridine rings is 2. The van der Waals surface area contributed by atoms with E-state index < -0.39 is 10.5 Å². The maximum Gasteiger partial charge on any atom is 0.270 e. The van der Waals surface area contributed by atoms with Crippen molar-refractivity contribution in [2.24, 2.45) is 11.8 Å². The first-order chi connectivity index (χ1) is 13.2. The maximum absolute atomic E-state index is 11.9. The zero-order valence-electron chi connectivity index (χ0n) is 16.3. The summed E-state index contributed by atoms with van der Waals surface area (Å²) in [5.74, 6) is 0.777. The number of fused-ring (bicyclic) bond motifs is 3. The summed E-state index contributed by atoms with van der Waals surface area (Å²) in [5.41, 5.74) is 3.49. The molecule has 28 heavy (non-hydrogen) atoms. The highest BCUT2D eigenvalue weighted by Crippen LogP contribution is 2.31. The van der Waals surface area contributed by atoms with E-state index in [1.807, 2.05) is 12.1 Å². The lowest BCUT2D eigenvalue weighted by atomic mass is 9.94. The van der Waals surface area contributed by atoms with Crippen LogP contribution >= 0.6 is 23.2 Å². The standard InChI is InChI=1S/C22H22Cl2N2O2/c1-11(2)7-13-9-17(21(23)27)25-19-15(13)5-6-16-14(8-12(3)4)10-18(22(24)28)26-20(16)19/h5-6,9-12H,7-8H2,1-4H3. The van der Waals surface area contributed by atoms with Gasteiger partial charge in [0.1, 0.15) is 11.4 Å². The average molecular weight is 417 g/mol. The summed E-state index contributed by atoms with van der Waals surface area (Å²) in [6.45, 7) is 8.44. The van der Waals surface area contributed by atoms with Gasteiger partial charge in [0, 0.05) is 10.8 Å². The number of halogens is 2. The van der Waals surface area contributed by atoms with Gasteiger partial charge in [-0.1, -0.05) is 39.8 Å². The second-order valence-electron chi connectivity index (χ2n) is 7.93. The van der Waals surface area contributed by atoms with E-state index in [2.05, 4.69) is 37.7 Å². The lowest BCUT2D eigenvalue weighted by molar-refractivity contribution is 0.106. The van der Waals surface area contributed by atoms with Crippen LogP contribution in [-0.2, 0) is 12.8 Å². The van der Waals surface area contributed by atoms with E-state index in [0.29, 0.717) is 22.9 Å². The second kappa shape index (κ2) is 8.14. The zero-order chi connectivity index (χ0) is 20.6. The first-order valence-electron chi connectivity index (χ1n) is 9.33. The van der Waals surface area contributed by atoms with Gasteiger partial charge in [-0.2, -0.15) is 0 Å². The molecular weight excluding hydrogens is 395 g/mol. The molecule has 0 amide bonds. The van der Waals surface area contributed by atoms with Gasteiger partial charge in [-0.25, -0.2) is 9.97 Å². The van der Waals surface area contributed by atoms with Crippen molar-refractivity contribution in [2.45, 2.75) is 40.5 Å². The van der Waals surface area contributed by atoms with E-state index in [1.54, 1.807) is 12.1 Å². The molecule has 0 aliphatic carbocycles. The third-order valence-corrected chi connectivity index (χ3v) is 4.98. The van der Waals surface area contributed by atoms with Gasteiger partial charge >= 0.3 is 0 Å². The fourth-order valence-electron chi connectivity index (χ4n) is 3.53. The van der Waals surface area contributed by atoms with Crippen molar-refractivity contribution in [3.05, 3.63) is 46.8 Å². The highest BCUT2D eigenvalue weighted by atomic mass is 35.5. The van der Waals surface area contributed by atoms with E-state index in [-0.39, 0.29) is 11.4 Å². The molecule has 0 spiro atoms. The van der Waals surface area contributed by atoms with Crippen molar-refractivity contribution < 1.29 is 9.59 Å². The highest BCUT2D eigenvalue weighted by molar-refractivity contribution is 6.67. The van der Waals surface area contributed by atoms with Gasteiger partial charge in [-0.15, -0.1) is 0 Å². The molecule has 0 radical (unpaired) electrons. The van der Waals surface area contributed by atoms with Gasteiger partial charge in [-0.3, -0.25) is 9.59 Å². The molecule has 0 N–H and O–H groups in total. The molecule has 3 aromatic rings. The summed E-state index contributed by atoms with van der Waals surface area (Å²) >= 11 is 11.5. The Labute approximate surface area is 174 Å². The van der Waals surface area contributed by atoms with Crippen molar-refractivity contribution in [1.82, 2.24) is 9.97 Å². The third-order valence-electron chi connectivity index (χ3n) is 4.59. The third kappa shape index (κ3) is 4.18. The predicted octanol–water partition coefficient (Wildman–Crippen LogP) is 5.94. The number of nitrogens with zero attached hydrogens (tertiary/aromatic N) is 2. The smallest absolute Gasteiger partial charge is 0.270 e. The molecule has 3 rings (SSSR count). The van der Waals surface area contributed by atoms with E-state index in [0.717, 1.165) is 34.7 Å². The van der Waals surface area contributed by atoms with Gasteiger partial charge in [0.2, 0.25) is 0 Å². The molecule has 0 bridgehead atoms. The predicted molar refractivity (Wildman–Crippen MR) is 114 cm³/mol. The van der Waals surface area contributed by atoms with Gasteiger partial charge in [0.15, 0.2) is 0 Å². The average Bonchev–Trinajstić information content (AvgIpc) is 2.60. The summed E-state index contributed by atoms with van der Waals surface area (Å²) in [6.07, 6.45) is 1.54. The molecule has 146 valence electrons. The monoisotopic (exact) mass is 416 g/mol. The summed E-state index contributed by atoms with van der Waals surface area (Å²) in [7, 11) is 0. The Morgan fingerprint density at radius 3 is 1.43 bits per heavy atom. The van der Waals surface area contributed by atoms with E-state index in [1.165, 1.54) is 0 Å². The van der Waals surface area contributed by atoms with Crippen molar-refractivity contribution >= 4 is 55.5 Å². The fraction of sp³-hybridized carbons (Fsp3) is 0.364. The van der Waals surface area contributed by atoms with Crippen molar-refractivity contribution in [1.29, 1.82) is 0 Å². The molecule has 0 aliphatic heterocycles. The van der Waals surface area contributed by atoms with Crippen LogP contribution in [0.3, 0.4) is 0 Å². The second-order valence-corrected chi connectivity index (χ2v) is 8.62. The minimum absolute atomic E-state index is 0.187. The van der Waals surface area contributed by atoms with E-state index in [4.69, 9.17) is 23.2 Å². The first-order valence-corrected chi connectivity index (χ1v) is 10.1. The lowest BCUT2D eigenvalue weighted by Crippen LogP contribution is -2.05. The topological polar surface area (TPSA) is 59.9 Å². The van der Waals surface area contributed by atoms with Crippen molar-refractivity contribution in [2.75, 3.05) is 0 Å². The lowest BCUT2D eigenvalue weighted by Gasteiger charge is -2.15. The van der Waals surface area contributed by atoms with Gasteiger partial charge in [0.05, 0.1) is 11.0 Å². The highest BCUT2D eigenvalue weighted by Gasteiger charge is 2.18. The van der Waals surface area contributed by atoms with Crippen LogP contribution in [0.5, 0.6) is 0 Å². The van der Waals surface area contributed by atoms with Gasteiger partial charge < -0.3 is 0 Å². The number of carbonyl (C=O) groups is 2. The van der Waals surface area contributed by atoms with Crippen LogP contribution in [-0.4, -0.2) is 20.5 Å². The van der Waals surface area contributed by atoms with Crippen molar-refractivity contribution in [3.8, 4) is 0 Å². The Bertz CT molecular complexity index is 1000. The van der Waals surface area contributed by atoms with Crippen molar-refractivity contribution in [3.63, 3.8) is 0 Å². The minimum Gasteiger partial charge on any atom is -0.274 e. The number of aromatic nitrogens is 2. The van der Waals surface area contributed by atoms with E-state index >= 15 is 0 Å². The van der Waals surface area contributed by atoms with Crippen LogP contribution in [0.4, 0.5) is 0 Å². The van der Waals surface area contributed by atoms with Crippen LogP contribution in [0.25, 0.3) is 21.8 Å². The molecule has 6 heteroatoms. The van der Waals surface area contributed by atoms with Crippen LogP contribution in [0.1, 0.15) is 59.8 Å². The van der Waals surface area contributed by atoms with Crippen LogP contribution in [0.15, 0.2) is 24.3 Å². The normalized spacial score (nSPS) is 11.7. The molecule has 0 atom stereocenters. The molecule has 0 saturated carbocycles. The summed E-state index contributed by atoms with van der Waals surface area (Å²) < 4.78 is 0. The maximum atomic E-state index is 11.9. The first kappa shape index (κ1) is 20.7. The molecule has 2 aromatic heterocycles. The Morgan fingerprint density at radius 2 is 1.14 bits per heavy atom. The number of benzene rings is 1. The minimum atomic E-state index is -0.615. The summed E-state index contributed by atoms with van der Waals surface area (Å²) in [6, 6.07) is 7.52. The van der Waals surface area contributed by atoms with Crippen LogP contribution in [0.2, 0.25) is 0 Å². The molecule has 0 unspecified atom stereocenters. The number of rotatable bonds is 6. The van der Waals surface area contributed by atoms with Crippen LogP contribution < -0.4 is 0 Å². The molecule has 0 saturated heterocycles. The Kier molecular flexibility index (Phi) is 6.01. The Balaban J connectivity index is 2.44. The summed E-state index contributed by atoms with van der Waals surface area (Å²) in [4.78, 5) is 32.7. The number of hydrogen-bond donors (Lipinski definition) is 0. The largest absolute Gasteiger partial charge is 0.274 e. The Hall–Kier alpha value is -2.04. The molecule has 0 fully saturated rings. The summed E-state index contributed by atoms with van der Waals surface area (Å²) in [5, 5.41) is 0.585. The molecule has 4 nitrogen and oxygen atoms in total. The van der Waals surface area contributed by atoms with Gasteiger partial charge in [0.25, 0.3) is 10.5 Å². The Morgan fingerprint density at radius 1 is 0.786 bits per heavy atom. The number of carbonyl (C=O) groups excluding carboxylic acids is 2. The quantitative estimate of drug-likeness (QED) is 0.368. The molecule has 2 heterocycles. The molecule has 1 aromatic carbocycles. The molecule has 0 aliphatic rings. The number of hydrogen-bond acceptors (Lipinski definition) is 4.